The number of hydrogen-bond donors (Lipinski definition) is 4. The number of hydrogen-bond acceptors (Lipinski definition) is 9. The first-order valence-corrected chi connectivity index (χ1v) is 21.5. The number of nitrogens with zero attached hydrogens (tertiary/aromatic N) is 2. The maximum Gasteiger partial charge on any atom is 0.408 e. The van der Waals surface area contributed by atoms with Gasteiger partial charge >= 0.3 is 12.2 Å². The number of ether oxygens (including phenoxy) is 2. The van der Waals surface area contributed by atoms with Crippen LogP contribution in [0.25, 0.3) is 11.1 Å². The first-order chi connectivity index (χ1) is 30.8. The van der Waals surface area contributed by atoms with E-state index in [-0.39, 0.29) is 36.6 Å². The second-order valence-electron chi connectivity index (χ2n) is 17.2. The molecule has 7 rings (SSSR count). The normalized spacial score (nSPS) is 13.2. The summed E-state index contributed by atoms with van der Waals surface area (Å²) in [5.41, 5.74) is 4.81. The number of benzene rings is 5. The van der Waals surface area contributed by atoms with E-state index < -0.39 is 53.8 Å². The third kappa shape index (κ3) is 10.7. The van der Waals surface area contributed by atoms with Crippen molar-refractivity contribution in [1.29, 1.82) is 0 Å². The number of aromatic nitrogens is 2. The lowest BCUT2D eigenvalue weighted by Crippen LogP contribution is -2.49. The Kier molecular flexibility index (Phi) is 13.9. The Labute approximate surface area is 373 Å². The molecule has 1 heterocycles. The number of carbonyl (C=O) groups excluding carboxylic acids is 4. The molecular formula is C51H54N6O7. The Morgan fingerprint density at radius 3 is 1.69 bits per heavy atom. The smallest absolute Gasteiger partial charge is 0.408 e. The lowest BCUT2D eigenvalue weighted by atomic mass is 9.77. The third-order valence-corrected chi connectivity index (χ3v) is 10.9. The van der Waals surface area contributed by atoms with Crippen LogP contribution in [-0.2, 0) is 24.6 Å². The Morgan fingerprint density at radius 2 is 1.17 bits per heavy atom. The molecule has 13 heteroatoms. The zero-order valence-corrected chi connectivity index (χ0v) is 36.7. The highest BCUT2D eigenvalue weighted by Crippen LogP contribution is 2.44. The van der Waals surface area contributed by atoms with E-state index in [1.807, 2.05) is 141 Å². The number of nitrogens with one attached hydrogen (secondary N) is 4. The van der Waals surface area contributed by atoms with Crippen LogP contribution in [0.15, 0.2) is 144 Å². The summed E-state index contributed by atoms with van der Waals surface area (Å²) in [6.07, 6.45) is -1.35. The molecule has 0 radical (unpaired) electrons. The average Bonchev–Trinajstić information content (AvgIpc) is 3.90. The summed E-state index contributed by atoms with van der Waals surface area (Å²) in [6, 6.07) is 43.0. The molecule has 0 bridgehead atoms. The summed E-state index contributed by atoms with van der Waals surface area (Å²) in [7, 11) is 0. The van der Waals surface area contributed by atoms with Crippen LogP contribution in [0.2, 0.25) is 0 Å². The van der Waals surface area contributed by atoms with Gasteiger partial charge in [0.1, 0.15) is 30.3 Å². The summed E-state index contributed by atoms with van der Waals surface area (Å²) in [4.78, 5) is 59.0. The summed E-state index contributed by atoms with van der Waals surface area (Å²) in [5, 5.41) is 15.8. The highest BCUT2D eigenvalue weighted by Gasteiger charge is 2.39. The number of rotatable bonds is 16. The highest BCUT2D eigenvalue weighted by atomic mass is 16.6. The molecule has 1 aliphatic carbocycles. The van der Waals surface area contributed by atoms with E-state index in [0.717, 1.165) is 38.9 Å². The summed E-state index contributed by atoms with van der Waals surface area (Å²) in [5.74, 6) is -1.11. The van der Waals surface area contributed by atoms with Crippen molar-refractivity contribution in [1.82, 2.24) is 31.4 Å². The van der Waals surface area contributed by atoms with Gasteiger partial charge in [-0.2, -0.15) is 4.98 Å². The highest BCUT2D eigenvalue weighted by molar-refractivity contribution is 5.84. The molecule has 1 aromatic heterocycles. The fraction of sp³-hybridized carbons (Fsp3) is 0.294. The van der Waals surface area contributed by atoms with Crippen LogP contribution in [0.4, 0.5) is 9.59 Å². The quantitative estimate of drug-likeness (QED) is 0.0694. The predicted octanol–water partition coefficient (Wildman–Crippen LogP) is 8.88. The number of alkyl carbamates (subject to hydrolysis) is 2. The standard InChI is InChI=1S/C51H54N6O7/c1-33(2)29-42(54-49(61)63-50(3,4)5)46-55-47(64-57-46)43(53-45(59)31-52-48(60)62-32-41-39-27-17-15-25-37(39)38-26-16-18-28-40(38)41)30-44(58)56-51(34-19-9-6-10-20-34,35-21-11-7-12-22-35)36-23-13-8-14-24-36/h6-28,33,41-43H,29-32H2,1-5H3,(H,52,60)(H,53,59)(H,54,61)(H,56,58)/t42-,43-/m0/s1. The van der Waals surface area contributed by atoms with E-state index in [4.69, 9.17) is 14.0 Å². The third-order valence-electron chi connectivity index (χ3n) is 10.9. The molecule has 1 aliphatic rings. The zero-order valence-electron chi connectivity index (χ0n) is 36.7. The molecule has 64 heavy (non-hydrogen) atoms. The summed E-state index contributed by atoms with van der Waals surface area (Å²) >= 11 is 0. The van der Waals surface area contributed by atoms with E-state index in [2.05, 4.69) is 43.5 Å². The van der Waals surface area contributed by atoms with Crippen molar-refractivity contribution in [2.75, 3.05) is 13.2 Å². The molecule has 5 aromatic carbocycles. The van der Waals surface area contributed by atoms with Gasteiger partial charge in [-0.05, 0) is 72.1 Å². The van der Waals surface area contributed by atoms with Crippen LogP contribution in [0.5, 0.6) is 0 Å². The molecule has 0 spiro atoms. The summed E-state index contributed by atoms with van der Waals surface area (Å²) in [6.45, 7) is 8.85. The molecule has 0 aliphatic heterocycles. The summed E-state index contributed by atoms with van der Waals surface area (Å²) < 4.78 is 17.0. The van der Waals surface area contributed by atoms with Crippen molar-refractivity contribution in [2.45, 2.75) is 76.6 Å². The monoisotopic (exact) mass is 862 g/mol. The predicted molar refractivity (Wildman–Crippen MR) is 242 cm³/mol. The van der Waals surface area contributed by atoms with Crippen molar-refractivity contribution in [3.8, 4) is 11.1 Å². The van der Waals surface area contributed by atoms with E-state index >= 15 is 0 Å². The Balaban J connectivity index is 1.13. The molecule has 4 amide bonds. The van der Waals surface area contributed by atoms with Gasteiger partial charge in [0.05, 0.1) is 12.5 Å². The van der Waals surface area contributed by atoms with E-state index in [1.165, 1.54) is 0 Å². The lowest BCUT2D eigenvalue weighted by Gasteiger charge is -2.37. The Hall–Kier alpha value is -7.28. The molecule has 0 saturated carbocycles. The first-order valence-electron chi connectivity index (χ1n) is 21.5. The Bertz CT molecular complexity index is 2400. The maximum atomic E-state index is 14.6. The second kappa shape index (κ2) is 19.8. The van der Waals surface area contributed by atoms with Gasteiger partial charge in [0.15, 0.2) is 5.82 Å². The van der Waals surface area contributed by atoms with Gasteiger partial charge < -0.3 is 35.3 Å². The fourth-order valence-corrected chi connectivity index (χ4v) is 8.15. The van der Waals surface area contributed by atoms with Crippen molar-refractivity contribution in [3.05, 3.63) is 179 Å². The van der Waals surface area contributed by atoms with Crippen molar-refractivity contribution in [3.63, 3.8) is 0 Å². The van der Waals surface area contributed by atoms with Gasteiger partial charge in [-0.3, -0.25) is 9.59 Å². The van der Waals surface area contributed by atoms with Gasteiger partial charge in [-0.25, -0.2) is 9.59 Å². The van der Waals surface area contributed by atoms with E-state index in [0.29, 0.717) is 6.42 Å². The van der Waals surface area contributed by atoms with Crippen LogP contribution in [0.1, 0.15) is 105 Å². The lowest BCUT2D eigenvalue weighted by molar-refractivity contribution is -0.124. The second-order valence-corrected chi connectivity index (χ2v) is 17.2. The largest absolute Gasteiger partial charge is 0.449 e. The van der Waals surface area contributed by atoms with Gasteiger partial charge in [0, 0.05) is 5.92 Å². The molecule has 13 nitrogen and oxygen atoms in total. The van der Waals surface area contributed by atoms with Gasteiger partial charge in [-0.1, -0.05) is 159 Å². The minimum Gasteiger partial charge on any atom is -0.449 e. The number of carbonyl (C=O) groups is 4. The van der Waals surface area contributed by atoms with E-state index in [1.54, 1.807) is 20.8 Å². The van der Waals surface area contributed by atoms with Crippen LogP contribution in [0.3, 0.4) is 0 Å². The first kappa shape index (κ1) is 44.8. The fourth-order valence-electron chi connectivity index (χ4n) is 8.15. The van der Waals surface area contributed by atoms with Crippen molar-refractivity contribution in [2.24, 2.45) is 5.92 Å². The minimum atomic E-state index is -1.17. The number of fused-ring (bicyclic) bond motifs is 3. The molecule has 0 saturated heterocycles. The molecule has 2 atom stereocenters. The average molecular weight is 863 g/mol. The topological polar surface area (TPSA) is 174 Å². The van der Waals surface area contributed by atoms with Crippen LogP contribution in [-0.4, -0.2) is 52.9 Å². The van der Waals surface area contributed by atoms with E-state index in [9.17, 15) is 19.2 Å². The van der Waals surface area contributed by atoms with Gasteiger partial charge in [0.25, 0.3) is 0 Å². The molecule has 0 unspecified atom stereocenters. The van der Waals surface area contributed by atoms with Crippen LogP contribution >= 0.6 is 0 Å². The van der Waals surface area contributed by atoms with Gasteiger partial charge in [-0.15, -0.1) is 0 Å². The van der Waals surface area contributed by atoms with Crippen LogP contribution in [0, 0.1) is 5.92 Å². The molecule has 330 valence electrons. The van der Waals surface area contributed by atoms with Crippen molar-refractivity contribution >= 4 is 24.0 Å². The molecular weight excluding hydrogens is 809 g/mol. The van der Waals surface area contributed by atoms with Gasteiger partial charge in [0.2, 0.25) is 17.7 Å². The van der Waals surface area contributed by atoms with Crippen LogP contribution < -0.4 is 21.3 Å². The number of amides is 4. The zero-order chi connectivity index (χ0) is 45.3. The minimum absolute atomic E-state index is 0.0654. The Morgan fingerprint density at radius 1 is 0.656 bits per heavy atom. The molecule has 0 fully saturated rings. The molecule has 6 aromatic rings. The maximum absolute atomic E-state index is 14.6. The molecule has 4 N–H and O–H groups in total. The van der Waals surface area contributed by atoms with Crippen molar-refractivity contribution < 1.29 is 33.2 Å². The SMILES string of the molecule is CC(C)C[C@H](NC(=O)OC(C)(C)C)c1noc([C@H](CC(=O)NC(c2ccccc2)(c2ccccc2)c2ccccc2)NC(=O)CNC(=O)OCC2c3ccccc3-c3ccccc32)n1.